The van der Waals surface area contributed by atoms with Crippen LogP contribution in [0.3, 0.4) is 0 Å². The molecule has 0 saturated carbocycles. The van der Waals surface area contributed by atoms with Crippen LogP contribution in [0.15, 0.2) is 40.8 Å². The Morgan fingerprint density at radius 3 is 2.37 bits per heavy atom. The number of ether oxygens (including phenoxy) is 1. The first-order chi connectivity index (χ1) is 19.1. The summed E-state index contributed by atoms with van der Waals surface area (Å²) in [5.41, 5.74) is -0.477. The lowest BCUT2D eigenvalue weighted by atomic mass is 9.94. The van der Waals surface area contributed by atoms with Gasteiger partial charge in [-0.2, -0.15) is 26.3 Å². The topological polar surface area (TPSA) is 136 Å². The van der Waals surface area contributed by atoms with E-state index in [0.717, 1.165) is 0 Å². The van der Waals surface area contributed by atoms with Crippen molar-refractivity contribution >= 4 is 11.7 Å². The molecular formula is C26H29F6N5O4. The van der Waals surface area contributed by atoms with Gasteiger partial charge in [-0.05, 0) is 37.4 Å². The minimum Gasteiger partial charge on any atom is -0.481 e. The zero-order valence-electron chi connectivity index (χ0n) is 22.1. The number of anilines is 1. The van der Waals surface area contributed by atoms with E-state index in [-0.39, 0.29) is 12.5 Å². The molecule has 0 fully saturated rings. The number of nitrogen functional groups attached to an aromatic ring is 1. The molecule has 0 amide bonds. The van der Waals surface area contributed by atoms with Crippen LogP contribution in [0.5, 0.6) is 0 Å². The van der Waals surface area contributed by atoms with Gasteiger partial charge < -0.3 is 25.3 Å². The molecule has 9 nitrogen and oxygen atoms in total. The van der Waals surface area contributed by atoms with Crippen molar-refractivity contribution in [3.8, 4) is 11.6 Å². The summed E-state index contributed by atoms with van der Waals surface area (Å²) in [6.07, 6.45) is -11.4. The van der Waals surface area contributed by atoms with Crippen molar-refractivity contribution in [3.05, 3.63) is 59.1 Å². The van der Waals surface area contributed by atoms with Crippen LogP contribution in [0.1, 0.15) is 55.8 Å². The molecule has 1 aromatic carbocycles. The summed E-state index contributed by atoms with van der Waals surface area (Å²) in [7, 11) is 0. The van der Waals surface area contributed by atoms with Gasteiger partial charge in [-0.15, -0.1) is 10.2 Å². The van der Waals surface area contributed by atoms with Crippen molar-refractivity contribution in [2.24, 2.45) is 0 Å². The van der Waals surface area contributed by atoms with Crippen molar-refractivity contribution in [2.75, 3.05) is 12.3 Å². The Labute approximate surface area is 231 Å². The second-order valence-corrected chi connectivity index (χ2v) is 9.57. The number of nitrogens with one attached hydrogen (secondary N) is 1. The molecule has 0 aliphatic heterocycles. The molecule has 0 aliphatic carbocycles. The summed E-state index contributed by atoms with van der Waals surface area (Å²) < 4.78 is 95.6. The number of pyridine rings is 1. The number of aliphatic carboxylic acids is 1. The van der Waals surface area contributed by atoms with Crippen molar-refractivity contribution in [1.29, 1.82) is 0 Å². The molecule has 1 atom stereocenters. The summed E-state index contributed by atoms with van der Waals surface area (Å²) >= 11 is 0. The fourth-order valence-electron chi connectivity index (χ4n) is 4.00. The highest BCUT2D eigenvalue weighted by atomic mass is 19.4. The van der Waals surface area contributed by atoms with Crippen LogP contribution in [-0.2, 0) is 34.3 Å². The van der Waals surface area contributed by atoms with Crippen molar-refractivity contribution in [1.82, 2.24) is 20.5 Å². The van der Waals surface area contributed by atoms with E-state index >= 15 is 0 Å². The normalized spacial score (nSPS) is 13.9. The number of halogens is 6. The van der Waals surface area contributed by atoms with Gasteiger partial charge in [-0.1, -0.05) is 44.2 Å². The zero-order chi connectivity index (χ0) is 30.4. The predicted molar refractivity (Wildman–Crippen MR) is 134 cm³/mol. The molecule has 4 N–H and O–H groups in total. The van der Waals surface area contributed by atoms with Crippen LogP contribution in [0.2, 0.25) is 0 Å². The Hall–Kier alpha value is -3.72. The minimum absolute atomic E-state index is 0.0369. The number of hydrogen-bond acceptors (Lipinski definition) is 8. The van der Waals surface area contributed by atoms with Gasteiger partial charge in [0.15, 0.2) is 5.69 Å². The Bertz CT molecular complexity index is 1310. The van der Waals surface area contributed by atoms with Crippen LogP contribution in [0.25, 0.3) is 11.6 Å². The van der Waals surface area contributed by atoms with E-state index in [1.807, 2.05) is 13.8 Å². The molecular weight excluding hydrogens is 560 g/mol. The summed E-state index contributed by atoms with van der Waals surface area (Å²) in [6.45, 7) is 3.76. The molecule has 2 heterocycles. The standard InChI is InChI=1S/C26H29F6N5O4/c1-15(2)34-11-7-6-10-24(26(30,31)32,40-14-16-8-4-3-5-9-16)23-37-36-22(41-23)21-18(33)12-17(25(27,28)29)19(35-21)13-20(38)39/h3-5,8-9,12,15,34H,6-7,10-11,13-14,33H2,1-2H3,(H,38,39). The molecule has 0 spiro atoms. The van der Waals surface area contributed by atoms with Gasteiger partial charge in [0, 0.05) is 6.04 Å². The molecule has 41 heavy (non-hydrogen) atoms. The predicted octanol–water partition coefficient (Wildman–Crippen LogP) is 5.50. The van der Waals surface area contributed by atoms with Gasteiger partial charge in [-0.25, -0.2) is 4.98 Å². The number of rotatable bonds is 13. The first-order valence-corrected chi connectivity index (χ1v) is 12.5. The van der Waals surface area contributed by atoms with Crippen molar-refractivity contribution < 1.29 is 45.4 Å². The lowest BCUT2D eigenvalue weighted by Crippen LogP contribution is -2.45. The molecule has 1 unspecified atom stereocenters. The average Bonchev–Trinajstić information content (AvgIpc) is 3.35. The van der Waals surface area contributed by atoms with Crippen molar-refractivity contribution in [2.45, 2.75) is 70.1 Å². The number of carbonyl (C=O) groups is 1. The number of alkyl halides is 6. The highest BCUT2D eigenvalue weighted by Crippen LogP contribution is 2.47. The molecule has 0 radical (unpaired) electrons. The molecule has 224 valence electrons. The number of aromatic nitrogens is 3. The van der Waals surface area contributed by atoms with Gasteiger partial charge in [-0.3, -0.25) is 4.79 Å². The summed E-state index contributed by atoms with van der Waals surface area (Å²) in [5.74, 6) is -3.34. The smallest absolute Gasteiger partial charge is 0.426 e. The molecule has 15 heteroatoms. The van der Waals surface area contributed by atoms with E-state index in [2.05, 4.69) is 20.5 Å². The third-order valence-corrected chi connectivity index (χ3v) is 6.02. The summed E-state index contributed by atoms with van der Waals surface area (Å²) in [4.78, 5) is 14.8. The van der Waals surface area contributed by atoms with Crippen LogP contribution in [0.4, 0.5) is 32.0 Å². The Morgan fingerprint density at radius 1 is 1.10 bits per heavy atom. The highest BCUT2D eigenvalue weighted by molar-refractivity contribution is 5.73. The van der Waals surface area contributed by atoms with Crippen LogP contribution in [0, 0.1) is 0 Å². The van der Waals surface area contributed by atoms with Gasteiger partial charge >= 0.3 is 18.3 Å². The first-order valence-electron chi connectivity index (χ1n) is 12.5. The third-order valence-electron chi connectivity index (χ3n) is 6.02. The number of hydrogen-bond donors (Lipinski definition) is 3. The van der Waals surface area contributed by atoms with E-state index in [1.54, 1.807) is 30.3 Å². The van der Waals surface area contributed by atoms with Crippen molar-refractivity contribution in [3.63, 3.8) is 0 Å². The molecule has 0 aliphatic rings. The quantitative estimate of drug-likeness (QED) is 0.174. The molecule has 2 aromatic heterocycles. The maximum Gasteiger partial charge on any atom is 0.426 e. The zero-order valence-corrected chi connectivity index (χ0v) is 22.1. The second-order valence-electron chi connectivity index (χ2n) is 9.57. The Balaban J connectivity index is 2.05. The molecule has 0 saturated heterocycles. The van der Waals surface area contributed by atoms with Crippen LogP contribution < -0.4 is 11.1 Å². The monoisotopic (exact) mass is 589 g/mol. The minimum atomic E-state index is -5.05. The maximum absolute atomic E-state index is 14.8. The fraction of sp³-hybridized carbons (Fsp3) is 0.462. The average molecular weight is 590 g/mol. The van der Waals surface area contributed by atoms with Gasteiger partial charge in [0.05, 0.1) is 30.0 Å². The van der Waals surface area contributed by atoms with Gasteiger partial charge in [0.25, 0.3) is 11.8 Å². The van der Waals surface area contributed by atoms with Crippen LogP contribution in [-0.4, -0.2) is 45.0 Å². The number of benzene rings is 1. The highest BCUT2D eigenvalue weighted by Gasteiger charge is 2.61. The summed E-state index contributed by atoms with van der Waals surface area (Å²) in [6, 6.07) is 8.64. The van der Waals surface area contributed by atoms with Crippen LogP contribution >= 0.6 is 0 Å². The fourth-order valence-corrected chi connectivity index (χ4v) is 4.00. The largest absolute Gasteiger partial charge is 0.481 e. The van der Waals surface area contributed by atoms with Gasteiger partial charge in [0.1, 0.15) is 0 Å². The number of nitrogens with zero attached hydrogens (tertiary/aromatic N) is 3. The Morgan fingerprint density at radius 2 is 1.78 bits per heavy atom. The molecule has 0 bridgehead atoms. The van der Waals surface area contributed by atoms with E-state index in [9.17, 15) is 31.1 Å². The summed E-state index contributed by atoms with van der Waals surface area (Å²) in [5, 5.41) is 19.3. The number of unbranched alkanes of at least 4 members (excludes halogenated alkanes) is 1. The molecule has 3 rings (SSSR count). The first kappa shape index (κ1) is 31.8. The van der Waals surface area contributed by atoms with E-state index < -0.39 is 77.8 Å². The number of nitrogens with two attached hydrogens (primary N) is 1. The lowest BCUT2D eigenvalue weighted by Gasteiger charge is -2.32. The van der Waals surface area contributed by atoms with E-state index in [0.29, 0.717) is 24.6 Å². The second kappa shape index (κ2) is 12.9. The molecule has 3 aromatic rings. The number of carboxylic acids is 1. The lowest BCUT2D eigenvalue weighted by molar-refractivity contribution is -0.300. The van der Waals surface area contributed by atoms with Gasteiger partial charge in [0.2, 0.25) is 5.60 Å². The SMILES string of the molecule is CC(C)NCCCCC(OCc1ccccc1)(c1nnc(-c2nc(CC(=O)O)c(C(F)(F)F)cc2N)o1)C(F)(F)F. The Kier molecular flexibility index (Phi) is 9.97. The van der Waals surface area contributed by atoms with E-state index in [4.69, 9.17) is 20.0 Å². The number of carboxylic acid groups (broad SMARTS) is 1. The third kappa shape index (κ3) is 7.94. The van der Waals surface area contributed by atoms with E-state index in [1.165, 1.54) is 0 Å². The maximum atomic E-state index is 14.8.